The summed E-state index contributed by atoms with van der Waals surface area (Å²) in [7, 11) is 0. The maximum Gasteiger partial charge on any atom is 0.277 e. The number of benzene rings is 2. The van der Waals surface area contributed by atoms with Crippen LogP contribution in [0.1, 0.15) is 10.5 Å². The lowest BCUT2D eigenvalue weighted by Crippen LogP contribution is -2.25. The molecule has 0 fully saturated rings. The Kier molecular flexibility index (Phi) is 4.14. The Morgan fingerprint density at radius 3 is 2.90 bits per heavy atom. The number of aromatic nitrogens is 3. The lowest BCUT2D eigenvalue weighted by molar-refractivity contribution is -0.118. The van der Waals surface area contributed by atoms with E-state index < -0.39 is 0 Å². The van der Waals surface area contributed by atoms with Crippen LogP contribution >= 0.6 is 11.3 Å². The number of fused-ring (bicyclic) bond motifs is 2. The van der Waals surface area contributed by atoms with Crippen LogP contribution < -0.4 is 15.4 Å². The minimum atomic E-state index is -0.379. The largest absolute Gasteiger partial charge is 0.482 e. The third-order valence-electron chi connectivity index (χ3n) is 4.31. The summed E-state index contributed by atoms with van der Waals surface area (Å²) in [5, 5.41) is 7.80. The molecule has 29 heavy (non-hydrogen) atoms. The van der Waals surface area contributed by atoms with Gasteiger partial charge in [-0.25, -0.2) is 9.97 Å². The number of amides is 2. The van der Waals surface area contributed by atoms with E-state index in [4.69, 9.17) is 4.74 Å². The molecule has 0 bridgehead atoms. The van der Waals surface area contributed by atoms with Gasteiger partial charge >= 0.3 is 0 Å². The van der Waals surface area contributed by atoms with E-state index >= 15 is 0 Å². The second-order valence-electron chi connectivity index (χ2n) is 6.28. The number of thiazole rings is 1. The minimum Gasteiger partial charge on any atom is -0.482 e. The molecule has 3 heterocycles. The van der Waals surface area contributed by atoms with Crippen molar-refractivity contribution in [2.75, 3.05) is 17.2 Å². The van der Waals surface area contributed by atoms with E-state index in [9.17, 15) is 9.59 Å². The zero-order chi connectivity index (χ0) is 19.8. The lowest BCUT2D eigenvalue weighted by Gasteiger charge is -2.18. The van der Waals surface area contributed by atoms with Crippen molar-refractivity contribution in [3.8, 4) is 17.0 Å². The van der Waals surface area contributed by atoms with Gasteiger partial charge in [0.2, 0.25) is 0 Å². The number of hydrogen-bond donors (Lipinski definition) is 2. The molecule has 0 saturated carbocycles. The van der Waals surface area contributed by atoms with E-state index in [2.05, 4.69) is 25.6 Å². The molecular formula is C20H13N5O3S. The molecule has 1 aliphatic rings. The van der Waals surface area contributed by atoms with Crippen molar-refractivity contribution in [2.45, 2.75) is 0 Å². The van der Waals surface area contributed by atoms with Gasteiger partial charge < -0.3 is 10.1 Å². The van der Waals surface area contributed by atoms with Crippen LogP contribution in [0.3, 0.4) is 0 Å². The molecule has 0 spiro atoms. The van der Waals surface area contributed by atoms with E-state index in [1.54, 1.807) is 18.2 Å². The second kappa shape index (κ2) is 6.95. The molecule has 4 aromatic rings. The van der Waals surface area contributed by atoms with Crippen LogP contribution in [0.4, 0.5) is 10.8 Å². The minimum absolute atomic E-state index is 0.0108. The number of para-hydroxylation sites is 2. The van der Waals surface area contributed by atoms with Crippen molar-refractivity contribution in [3.63, 3.8) is 0 Å². The summed E-state index contributed by atoms with van der Waals surface area (Å²) < 4.78 is 5.36. The zero-order valence-electron chi connectivity index (χ0n) is 14.9. The average Bonchev–Trinajstić information content (AvgIpc) is 3.21. The summed E-state index contributed by atoms with van der Waals surface area (Å²) in [5.74, 6) is 0.0413. The molecule has 1 aliphatic heterocycles. The first-order valence-corrected chi connectivity index (χ1v) is 9.59. The molecule has 2 N–H and O–H groups in total. The normalized spacial score (nSPS) is 12.8. The Morgan fingerprint density at radius 2 is 2.00 bits per heavy atom. The molecule has 9 heteroatoms. The van der Waals surface area contributed by atoms with Crippen LogP contribution in [0, 0.1) is 0 Å². The van der Waals surface area contributed by atoms with E-state index in [1.807, 2.05) is 29.6 Å². The topological polar surface area (TPSA) is 106 Å². The highest BCUT2D eigenvalue weighted by Crippen LogP contribution is 2.33. The van der Waals surface area contributed by atoms with Crippen molar-refractivity contribution >= 4 is 45.0 Å². The third-order valence-corrected chi connectivity index (χ3v) is 5.07. The molecule has 0 unspecified atom stereocenters. The van der Waals surface area contributed by atoms with Crippen LogP contribution in [0.15, 0.2) is 54.0 Å². The molecule has 5 rings (SSSR count). The first-order valence-electron chi connectivity index (χ1n) is 8.71. The molecule has 2 aromatic heterocycles. The number of nitrogens with one attached hydrogen (secondary N) is 2. The van der Waals surface area contributed by atoms with E-state index in [0.717, 1.165) is 11.1 Å². The third kappa shape index (κ3) is 3.39. The first-order chi connectivity index (χ1) is 14.2. The van der Waals surface area contributed by atoms with Gasteiger partial charge in [-0.3, -0.25) is 19.9 Å². The summed E-state index contributed by atoms with van der Waals surface area (Å²) in [6.07, 6.45) is 1.44. The van der Waals surface area contributed by atoms with Crippen LogP contribution in [-0.4, -0.2) is 33.4 Å². The van der Waals surface area contributed by atoms with Crippen molar-refractivity contribution in [1.82, 2.24) is 15.0 Å². The van der Waals surface area contributed by atoms with Gasteiger partial charge in [-0.05, 0) is 30.3 Å². The first kappa shape index (κ1) is 17.3. The maximum atomic E-state index is 12.5. The van der Waals surface area contributed by atoms with E-state index in [1.165, 1.54) is 17.5 Å². The number of hydrogen-bond acceptors (Lipinski definition) is 7. The van der Waals surface area contributed by atoms with Gasteiger partial charge in [0.25, 0.3) is 11.8 Å². The molecule has 142 valence electrons. The van der Waals surface area contributed by atoms with Gasteiger partial charge in [-0.2, -0.15) is 0 Å². The molecule has 0 atom stereocenters. The number of carbonyl (C=O) groups excluding carboxylic acids is 2. The molecule has 8 nitrogen and oxygen atoms in total. The van der Waals surface area contributed by atoms with Crippen LogP contribution in [-0.2, 0) is 4.79 Å². The number of rotatable bonds is 3. The Balaban J connectivity index is 1.36. The van der Waals surface area contributed by atoms with Crippen molar-refractivity contribution in [3.05, 3.63) is 59.7 Å². The standard InChI is InChI=1S/C20H13N5O3S/c26-18-9-28-17-6-5-11(7-14(17)23-18)16-10-29-20(24-16)25-19(27)15-8-21-12-3-1-2-4-13(12)22-15/h1-8,10H,9H2,(H,23,26)(H,24,25,27). The van der Waals surface area contributed by atoms with E-state index in [0.29, 0.717) is 27.8 Å². The number of carbonyl (C=O) groups is 2. The predicted molar refractivity (Wildman–Crippen MR) is 109 cm³/mol. The molecule has 0 radical (unpaired) electrons. The number of ether oxygens (including phenoxy) is 1. The molecule has 0 saturated heterocycles. The van der Waals surface area contributed by atoms with Gasteiger partial charge in [0.15, 0.2) is 11.7 Å². The zero-order valence-corrected chi connectivity index (χ0v) is 15.7. The van der Waals surface area contributed by atoms with Gasteiger partial charge in [-0.1, -0.05) is 12.1 Å². The molecule has 2 aromatic carbocycles. The number of anilines is 2. The average molecular weight is 403 g/mol. The van der Waals surface area contributed by atoms with Gasteiger partial charge in [0.1, 0.15) is 11.4 Å². The van der Waals surface area contributed by atoms with Crippen molar-refractivity contribution < 1.29 is 14.3 Å². The van der Waals surface area contributed by atoms with Crippen LogP contribution in [0.5, 0.6) is 5.75 Å². The fourth-order valence-corrected chi connectivity index (χ4v) is 3.65. The summed E-state index contributed by atoms with van der Waals surface area (Å²) in [6, 6.07) is 12.8. The van der Waals surface area contributed by atoms with Crippen LogP contribution in [0.2, 0.25) is 0 Å². The monoisotopic (exact) mass is 403 g/mol. The smallest absolute Gasteiger partial charge is 0.277 e. The number of nitrogens with zero attached hydrogens (tertiary/aromatic N) is 3. The van der Waals surface area contributed by atoms with E-state index in [-0.39, 0.29) is 24.1 Å². The van der Waals surface area contributed by atoms with Crippen molar-refractivity contribution in [2.24, 2.45) is 0 Å². The van der Waals surface area contributed by atoms with Gasteiger partial charge in [0.05, 0.1) is 28.6 Å². The van der Waals surface area contributed by atoms with Crippen molar-refractivity contribution in [1.29, 1.82) is 0 Å². The Bertz CT molecular complexity index is 1270. The summed E-state index contributed by atoms with van der Waals surface area (Å²) >= 11 is 1.30. The molecule has 2 amide bonds. The Morgan fingerprint density at radius 1 is 1.14 bits per heavy atom. The predicted octanol–water partition coefficient (Wildman–Crippen LogP) is 3.34. The summed E-state index contributed by atoms with van der Waals surface area (Å²) in [4.78, 5) is 37.1. The molecule has 0 aliphatic carbocycles. The maximum absolute atomic E-state index is 12.5. The van der Waals surface area contributed by atoms with Gasteiger partial charge in [-0.15, -0.1) is 11.3 Å². The summed E-state index contributed by atoms with van der Waals surface area (Å²) in [5.41, 5.74) is 3.68. The Labute approximate surface area is 168 Å². The lowest BCUT2D eigenvalue weighted by atomic mass is 10.1. The summed E-state index contributed by atoms with van der Waals surface area (Å²) in [6.45, 7) is 0.0108. The fraction of sp³-hybridized carbons (Fsp3) is 0.0500. The second-order valence-corrected chi connectivity index (χ2v) is 7.14. The molecular weight excluding hydrogens is 390 g/mol. The Hall–Kier alpha value is -3.85. The fourth-order valence-electron chi connectivity index (χ4n) is 2.93. The quantitative estimate of drug-likeness (QED) is 0.543. The highest BCUT2D eigenvalue weighted by Gasteiger charge is 2.18. The highest BCUT2D eigenvalue weighted by atomic mass is 32.1. The van der Waals surface area contributed by atoms with Gasteiger partial charge in [0, 0.05) is 10.9 Å². The SMILES string of the molecule is O=C1COc2ccc(-c3csc(NC(=O)c4cnc5ccccc5n4)n3)cc2N1. The highest BCUT2D eigenvalue weighted by molar-refractivity contribution is 7.14. The van der Waals surface area contributed by atoms with Crippen LogP contribution in [0.25, 0.3) is 22.3 Å².